The molecule has 3 heterocycles. The molecular formula is C15H20N4O2. The lowest BCUT2D eigenvalue weighted by Crippen LogP contribution is -2.48. The number of aryl methyl sites for hydroxylation is 2. The van der Waals surface area contributed by atoms with Gasteiger partial charge in [0.2, 0.25) is 0 Å². The van der Waals surface area contributed by atoms with Crippen molar-refractivity contribution in [1.29, 1.82) is 0 Å². The molecule has 1 aliphatic rings. The lowest BCUT2D eigenvalue weighted by atomic mass is 10.2. The maximum Gasteiger partial charge on any atom is 0.257 e. The third kappa shape index (κ3) is 3.00. The van der Waals surface area contributed by atoms with Crippen LogP contribution in [0.1, 0.15) is 21.8 Å². The Kier molecular flexibility index (Phi) is 3.79. The first kappa shape index (κ1) is 13.9. The largest absolute Gasteiger partial charge is 0.468 e. The predicted molar refractivity (Wildman–Crippen MR) is 77.8 cm³/mol. The topological polar surface area (TPSA) is 54.5 Å². The number of carbonyl (C=O) groups is 1. The minimum Gasteiger partial charge on any atom is -0.468 e. The van der Waals surface area contributed by atoms with E-state index in [1.165, 1.54) is 0 Å². The number of nitrogens with zero attached hydrogens (tertiary/aromatic N) is 4. The van der Waals surface area contributed by atoms with Crippen molar-refractivity contribution < 1.29 is 9.21 Å². The molecule has 0 aliphatic carbocycles. The molecule has 112 valence electrons. The summed E-state index contributed by atoms with van der Waals surface area (Å²) in [6.07, 6.45) is 3.49. The number of furan rings is 1. The van der Waals surface area contributed by atoms with E-state index in [0.29, 0.717) is 5.56 Å². The van der Waals surface area contributed by atoms with Gasteiger partial charge in [-0.2, -0.15) is 5.10 Å². The van der Waals surface area contributed by atoms with Crippen molar-refractivity contribution in [1.82, 2.24) is 19.6 Å². The van der Waals surface area contributed by atoms with E-state index < -0.39 is 0 Å². The van der Waals surface area contributed by atoms with Gasteiger partial charge in [0, 0.05) is 39.4 Å². The number of rotatable bonds is 3. The highest BCUT2D eigenvalue weighted by Crippen LogP contribution is 2.13. The van der Waals surface area contributed by atoms with Gasteiger partial charge in [-0.15, -0.1) is 0 Å². The molecule has 3 rings (SSSR count). The highest BCUT2D eigenvalue weighted by molar-refractivity contribution is 5.95. The van der Waals surface area contributed by atoms with Crippen LogP contribution in [0.4, 0.5) is 0 Å². The van der Waals surface area contributed by atoms with Crippen molar-refractivity contribution in [3.05, 3.63) is 41.6 Å². The van der Waals surface area contributed by atoms with Crippen LogP contribution in [0, 0.1) is 6.92 Å². The summed E-state index contributed by atoms with van der Waals surface area (Å²) >= 11 is 0. The van der Waals surface area contributed by atoms with E-state index in [-0.39, 0.29) is 5.91 Å². The minimum absolute atomic E-state index is 0.0817. The van der Waals surface area contributed by atoms with Gasteiger partial charge < -0.3 is 9.32 Å². The molecular weight excluding hydrogens is 268 g/mol. The van der Waals surface area contributed by atoms with E-state index >= 15 is 0 Å². The molecule has 0 aromatic carbocycles. The zero-order chi connectivity index (χ0) is 14.8. The first-order chi connectivity index (χ1) is 10.1. The lowest BCUT2D eigenvalue weighted by molar-refractivity contribution is 0.0619. The number of hydrogen-bond acceptors (Lipinski definition) is 4. The summed E-state index contributed by atoms with van der Waals surface area (Å²) in [5, 5.41) is 4.24. The molecule has 0 unspecified atom stereocenters. The van der Waals surface area contributed by atoms with E-state index in [2.05, 4.69) is 10.00 Å². The normalized spacial score (nSPS) is 16.4. The van der Waals surface area contributed by atoms with Gasteiger partial charge >= 0.3 is 0 Å². The molecule has 0 N–H and O–H groups in total. The van der Waals surface area contributed by atoms with Crippen molar-refractivity contribution in [3.8, 4) is 0 Å². The van der Waals surface area contributed by atoms with Gasteiger partial charge in [-0.25, -0.2) is 0 Å². The van der Waals surface area contributed by atoms with Crippen LogP contribution in [-0.4, -0.2) is 51.7 Å². The quantitative estimate of drug-likeness (QED) is 0.854. The monoisotopic (exact) mass is 288 g/mol. The SMILES string of the molecule is Cc1nn(C)cc1C(=O)N1CCN(Cc2ccco2)CC1. The third-order valence-corrected chi connectivity index (χ3v) is 3.86. The molecule has 0 spiro atoms. The number of aromatic nitrogens is 2. The van der Waals surface area contributed by atoms with E-state index in [9.17, 15) is 4.79 Å². The highest BCUT2D eigenvalue weighted by Gasteiger charge is 2.24. The zero-order valence-corrected chi connectivity index (χ0v) is 12.5. The Hall–Kier alpha value is -2.08. The fourth-order valence-corrected chi connectivity index (χ4v) is 2.71. The third-order valence-electron chi connectivity index (χ3n) is 3.86. The van der Waals surface area contributed by atoms with Gasteiger partial charge in [-0.1, -0.05) is 0 Å². The molecule has 6 heteroatoms. The average Bonchev–Trinajstić information content (AvgIpc) is 3.08. The summed E-state index contributed by atoms with van der Waals surface area (Å²) in [7, 11) is 1.84. The van der Waals surface area contributed by atoms with Crippen LogP contribution in [-0.2, 0) is 13.6 Å². The molecule has 1 amide bonds. The first-order valence-corrected chi connectivity index (χ1v) is 7.18. The van der Waals surface area contributed by atoms with Crippen molar-refractivity contribution in [2.45, 2.75) is 13.5 Å². The van der Waals surface area contributed by atoms with Crippen LogP contribution in [0.15, 0.2) is 29.0 Å². The molecule has 2 aromatic heterocycles. The molecule has 1 aliphatic heterocycles. The maximum absolute atomic E-state index is 12.5. The van der Waals surface area contributed by atoms with Gasteiger partial charge in [0.05, 0.1) is 24.1 Å². The maximum atomic E-state index is 12.5. The number of hydrogen-bond donors (Lipinski definition) is 0. The molecule has 0 radical (unpaired) electrons. The van der Waals surface area contributed by atoms with E-state index in [1.54, 1.807) is 17.1 Å². The van der Waals surface area contributed by atoms with Crippen molar-refractivity contribution in [2.24, 2.45) is 7.05 Å². The molecule has 0 bridgehead atoms. The van der Waals surface area contributed by atoms with Gasteiger partial charge in [0.15, 0.2) is 0 Å². The van der Waals surface area contributed by atoms with Gasteiger partial charge in [0.1, 0.15) is 5.76 Å². The van der Waals surface area contributed by atoms with Crippen LogP contribution in [0.5, 0.6) is 0 Å². The fourth-order valence-electron chi connectivity index (χ4n) is 2.71. The summed E-state index contributed by atoms with van der Waals surface area (Å²) in [6.45, 7) is 5.90. The second-order valence-electron chi connectivity index (χ2n) is 5.45. The Bertz CT molecular complexity index is 610. The number of amides is 1. The predicted octanol–water partition coefficient (Wildman–Crippen LogP) is 1.28. The van der Waals surface area contributed by atoms with Gasteiger partial charge in [-0.3, -0.25) is 14.4 Å². The number of piperazine rings is 1. The Labute approximate surface area is 123 Å². The molecule has 1 fully saturated rings. The van der Waals surface area contributed by atoms with Crippen molar-refractivity contribution in [2.75, 3.05) is 26.2 Å². The van der Waals surface area contributed by atoms with Crippen LogP contribution in [0.3, 0.4) is 0 Å². The second kappa shape index (κ2) is 5.73. The van der Waals surface area contributed by atoms with Crippen molar-refractivity contribution in [3.63, 3.8) is 0 Å². The van der Waals surface area contributed by atoms with Crippen LogP contribution >= 0.6 is 0 Å². The molecule has 0 atom stereocenters. The average molecular weight is 288 g/mol. The Morgan fingerprint density at radius 3 is 2.67 bits per heavy atom. The lowest BCUT2D eigenvalue weighted by Gasteiger charge is -2.34. The van der Waals surface area contributed by atoms with Crippen LogP contribution in [0.2, 0.25) is 0 Å². The molecule has 0 saturated carbocycles. The molecule has 1 saturated heterocycles. The highest BCUT2D eigenvalue weighted by atomic mass is 16.3. The van der Waals surface area contributed by atoms with E-state index in [1.807, 2.05) is 31.0 Å². The van der Waals surface area contributed by atoms with Crippen LogP contribution < -0.4 is 0 Å². The molecule has 21 heavy (non-hydrogen) atoms. The standard InChI is InChI=1S/C15H20N4O2/c1-12-14(11-17(2)16-12)15(20)19-7-5-18(6-8-19)10-13-4-3-9-21-13/h3-4,9,11H,5-8,10H2,1-2H3. The fraction of sp³-hybridized carbons (Fsp3) is 0.467. The van der Waals surface area contributed by atoms with Gasteiger partial charge in [-0.05, 0) is 19.1 Å². The summed E-state index contributed by atoms with van der Waals surface area (Å²) in [4.78, 5) is 16.7. The summed E-state index contributed by atoms with van der Waals surface area (Å²) in [5.74, 6) is 1.05. The van der Waals surface area contributed by atoms with Crippen LogP contribution in [0.25, 0.3) is 0 Å². The Morgan fingerprint density at radius 1 is 1.33 bits per heavy atom. The second-order valence-corrected chi connectivity index (χ2v) is 5.45. The Balaban J connectivity index is 1.58. The minimum atomic E-state index is 0.0817. The smallest absolute Gasteiger partial charge is 0.257 e. The van der Waals surface area contributed by atoms with E-state index in [0.717, 1.165) is 44.2 Å². The van der Waals surface area contributed by atoms with Gasteiger partial charge in [0.25, 0.3) is 5.91 Å². The Morgan fingerprint density at radius 2 is 2.10 bits per heavy atom. The summed E-state index contributed by atoms with van der Waals surface area (Å²) < 4.78 is 7.06. The summed E-state index contributed by atoms with van der Waals surface area (Å²) in [5.41, 5.74) is 1.50. The molecule has 6 nitrogen and oxygen atoms in total. The van der Waals surface area contributed by atoms with Crippen molar-refractivity contribution >= 4 is 5.91 Å². The summed E-state index contributed by atoms with van der Waals surface area (Å²) in [6, 6.07) is 3.89. The number of carbonyl (C=O) groups excluding carboxylic acids is 1. The zero-order valence-electron chi connectivity index (χ0n) is 12.5. The molecule has 2 aromatic rings. The van der Waals surface area contributed by atoms with E-state index in [4.69, 9.17) is 4.42 Å². The first-order valence-electron chi connectivity index (χ1n) is 7.18.